The van der Waals surface area contributed by atoms with Gasteiger partial charge in [0.25, 0.3) is 5.91 Å². The van der Waals surface area contributed by atoms with Crippen LogP contribution in [0.3, 0.4) is 0 Å². The molecule has 1 aliphatic heterocycles. The summed E-state index contributed by atoms with van der Waals surface area (Å²) in [7, 11) is 0. The van der Waals surface area contributed by atoms with Crippen LogP contribution < -0.4 is 5.48 Å². The second-order valence-corrected chi connectivity index (χ2v) is 6.95. The van der Waals surface area contributed by atoms with Crippen LogP contribution >= 0.6 is 11.6 Å². The van der Waals surface area contributed by atoms with Crippen LogP contribution in [-0.2, 0) is 16.0 Å². The molecule has 1 fully saturated rings. The molecule has 3 rings (SSSR count). The number of piperazine rings is 1. The minimum atomic E-state index is -0.579. The van der Waals surface area contributed by atoms with Gasteiger partial charge in [0.15, 0.2) is 0 Å². The Kier molecular flexibility index (Phi) is 6.45. The standard InChI is InChI=1S/C20H22ClN3O3/c21-17-8-6-15(7-9-17)14-18(25)23-10-12-24(13-11-23)19(20(26)22-27)16-4-2-1-3-5-16/h1-9,19,27H,10-14H2,(H,22,26). The minimum Gasteiger partial charge on any atom is -0.340 e. The quantitative estimate of drug-likeness (QED) is 0.609. The van der Waals surface area contributed by atoms with Gasteiger partial charge >= 0.3 is 0 Å². The van der Waals surface area contributed by atoms with Crippen LogP contribution in [0.4, 0.5) is 0 Å². The second kappa shape index (κ2) is 8.99. The van der Waals surface area contributed by atoms with E-state index >= 15 is 0 Å². The summed E-state index contributed by atoms with van der Waals surface area (Å²) in [5.41, 5.74) is 3.49. The van der Waals surface area contributed by atoms with Crippen molar-refractivity contribution in [1.82, 2.24) is 15.3 Å². The van der Waals surface area contributed by atoms with Crippen LogP contribution in [0.1, 0.15) is 17.2 Å². The Balaban J connectivity index is 1.62. The number of carbonyl (C=O) groups excluding carboxylic acids is 2. The zero-order chi connectivity index (χ0) is 19.2. The zero-order valence-electron chi connectivity index (χ0n) is 14.8. The number of halogens is 1. The van der Waals surface area contributed by atoms with E-state index in [0.717, 1.165) is 11.1 Å². The van der Waals surface area contributed by atoms with E-state index in [1.165, 1.54) is 0 Å². The molecule has 1 heterocycles. The van der Waals surface area contributed by atoms with Crippen LogP contribution in [0.25, 0.3) is 0 Å². The van der Waals surface area contributed by atoms with Crippen molar-refractivity contribution in [2.24, 2.45) is 0 Å². The highest BCUT2D eigenvalue weighted by Crippen LogP contribution is 2.22. The Bertz CT molecular complexity index is 775. The summed E-state index contributed by atoms with van der Waals surface area (Å²) in [5.74, 6) is -0.415. The number of benzene rings is 2. The lowest BCUT2D eigenvalue weighted by Gasteiger charge is -2.38. The predicted molar refractivity (Wildman–Crippen MR) is 102 cm³/mol. The van der Waals surface area contributed by atoms with Crippen molar-refractivity contribution >= 4 is 23.4 Å². The summed E-state index contributed by atoms with van der Waals surface area (Å²) >= 11 is 5.88. The van der Waals surface area contributed by atoms with E-state index in [4.69, 9.17) is 16.8 Å². The average Bonchev–Trinajstić information content (AvgIpc) is 2.71. The largest absolute Gasteiger partial charge is 0.340 e. The molecule has 142 valence electrons. The molecule has 2 N–H and O–H groups in total. The van der Waals surface area contributed by atoms with Gasteiger partial charge in [0, 0.05) is 31.2 Å². The topological polar surface area (TPSA) is 72.9 Å². The third-order valence-corrected chi connectivity index (χ3v) is 5.03. The van der Waals surface area contributed by atoms with Crippen molar-refractivity contribution in [3.05, 3.63) is 70.7 Å². The van der Waals surface area contributed by atoms with Gasteiger partial charge in [0.05, 0.1) is 6.42 Å². The van der Waals surface area contributed by atoms with Gasteiger partial charge in [0.1, 0.15) is 6.04 Å². The number of hydroxylamine groups is 1. The Morgan fingerprint density at radius 2 is 1.63 bits per heavy atom. The first-order chi connectivity index (χ1) is 13.1. The molecule has 0 radical (unpaired) electrons. The van der Waals surface area contributed by atoms with Gasteiger partial charge < -0.3 is 4.90 Å². The molecule has 7 heteroatoms. The highest BCUT2D eigenvalue weighted by molar-refractivity contribution is 6.30. The van der Waals surface area contributed by atoms with Crippen molar-refractivity contribution in [3.8, 4) is 0 Å². The summed E-state index contributed by atoms with van der Waals surface area (Å²) in [5, 5.41) is 9.77. The Morgan fingerprint density at radius 3 is 2.22 bits per heavy atom. The third-order valence-electron chi connectivity index (χ3n) is 4.77. The molecule has 2 aromatic rings. The fourth-order valence-electron chi connectivity index (χ4n) is 3.34. The maximum Gasteiger partial charge on any atom is 0.265 e. The summed E-state index contributed by atoms with van der Waals surface area (Å²) in [6.07, 6.45) is 0.330. The first kappa shape index (κ1) is 19.4. The van der Waals surface area contributed by atoms with E-state index in [1.54, 1.807) is 17.6 Å². The molecule has 6 nitrogen and oxygen atoms in total. The molecule has 1 aliphatic rings. The molecule has 0 aliphatic carbocycles. The monoisotopic (exact) mass is 387 g/mol. The zero-order valence-corrected chi connectivity index (χ0v) is 15.6. The molecule has 27 heavy (non-hydrogen) atoms. The van der Waals surface area contributed by atoms with E-state index in [1.807, 2.05) is 52.3 Å². The summed E-state index contributed by atoms with van der Waals surface area (Å²) < 4.78 is 0. The molecule has 0 aromatic heterocycles. The van der Waals surface area contributed by atoms with Gasteiger partial charge in [-0.15, -0.1) is 0 Å². The fraction of sp³-hybridized carbons (Fsp3) is 0.300. The Morgan fingerprint density at radius 1 is 1.00 bits per heavy atom. The highest BCUT2D eigenvalue weighted by atomic mass is 35.5. The third kappa shape index (κ3) is 4.86. The van der Waals surface area contributed by atoms with Gasteiger partial charge in [0.2, 0.25) is 5.91 Å². The summed E-state index contributed by atoms with van der Waals surface area (Å²) in [6, 6.07) is 16.0. The molecule has 1 atom stereocenters. The SMILES string of the molecule is O=C(NO)C(c1ccccc1)N1CCN(C(=O)Cc2ccc(Cl)cc2)CC1. The molecule has 1 saturated heterocycles. The maximum atomic E-state index is 12.5. The van der Waals surface area contributed by atoms with Gasteiger partial charge in [-0.05, 0) is 23.3 Å². The molecule has 0 saturated carbocycles. The van der Waals surface area contributed by atoms with Crippen LogP contribution in [-0.4, -0.2) is 53.0 Å². The number of rotatable bonds is 5. The van der Waals surface area contributed by atoms with E-state index in [9.17, 15) is 9.59 Å². The molecule has 0 spiro atoms. The van der Waals surface area contributed by atoms with Gasteiger partial charge in [-0.2, -0.15) is 0 Å². The summed E-state index contributed by atoms with van der Waals surface area (Å²) in [4.78, 5) is 28.5. The van der Waals surface area contributed by atoms with Crippen LogP contribution in [0.15, 0.2) is 54.6 Å². The number of hydrogen-bond acceptors (Lipinski definition) is 4. The number of carbonyl (C=O) groups is 2. The Labute approximate surface area is 163 Å². The molecular formula is C20H22ClN3O3. The summed E-state index contributed by atoms with van der Waals surface area (Å²) in [6.45, 7) is 2.18. The van der Waals surface area contributed by atoms with Crippen LogP contribution in [0.5, 0.6) is 0 Å². The predicted octanol–water partition coefficient (Wildman–Crippen LogP) is 2.27. The second-order valence-electron chi connectivity index (χ2n) is 6.51. The van der Waals surface area contributed by atoms with Gasteiger partial charge in [-0.3, -0.25) is 19.7 Å². The maximum absolute atomic E-state index is 12.5. The number of hydrogen-bond donors (Lipinski definition) is 2. The van der Waals surface area contributed by atoms with Gasteiger partial charge in [-0.1, -0.05) is 54.1 Å². The average molecular weight is 388 g/mol. The Hall–Kier alpha value is -2.41. The molecule has 1 unspecified atom stereocenters. The first-order valence-corrected chi connectivity index (χ1v) is 9.21. The van der Waals surface area contributed by atoms with Crippen molar-refractivity contribution in [2.75, 3.05) is 26.2 Å². The van der Waals surface area contributed by atoms with Crippen molar-refractivity contribution < 1.29 is 14.8 Å². The highest BCUT2D eigenvalue weighted by Gasteiger charge is 2.31. The minimum absolute atomic E-state index is 0.0554. The molecular weight excluding hydrogens is 366 g/mol. The lowest BCUT2D eigenvalue weighted by molar-refractivity contribution is -0.137. The van der Waals surface area contributed by atoms with E-state index in [-0.39, 0.29) is 5.91 Å². The lowest BCUT2D eigenvalue weighted by Crippen LogP contribution is -2.52. The normalized spacial score (nSPS) is 16.0. The van der Waals surface area contributed by atoms with Crippen molar-refractivity contribution in [3.63, 3.8) is 0 Å². The van der Waals surface area contributed by atoms with Crippen LogP contribution in [0, 0.1) is 0 Å². The van der Waals surface area contributed by atoms with E-state index in [0.29, 0.717) is 37.6 Å². The van der Waals surface area contributed by atoms with Crippen molar-refractivity contribution in [2.45, 2.75) is 12.5 Å². The van der Waals surface area contributed by atoms with Crippen LogP contribution in [0.2, 0.25) is 5.02 Å². The van der Waals surface area contributed by atoms with E-state index < -0.39 is 11.9 Å². The van der Waals surface area contributed by atoms with Crippen molar-refractivity contribution in [1.29, 1.82) is 0 Å². The molecule has 0 bridgehead atoms. The number of nitrogens with one attached hydrogen (secondary N) is 1. The fourth-order valence-corrected chi connectivity index (χ4v) is 3.47. The first-order valence-electron chi connectivity index (χ1n) is 8.83. The molecule has 2 aromatic carbocycles. The smallest absolute Gasteiger partial charge is 0.265 e. The van der Waals surface area contributed by atoms with E-state index in [2.05, 4.69) is 0 Å². The number of amides is 2. The van der Waals surface area contributed by atoms with Gasteiger partial charge in [-0.25, -0.2) is 5.48 Å². The number of nitrogens with zero attached hydrogens (tertiary/aromatic N) is 2. The molecule has 2 amide bonds. The lowest BCUT2D eigenvalue weighted by atomic mass is 10.0.